The second-order valence-corrected chi connectivity index (χ2v) is 10.1. The molecule has 2 N–H and O–H groups in total. The van der Waals surface area contributed by atoms with E-state index >= 15 is 0 Å². The number of rotatable bonds is 4. The van der Waals surface area contributed by atoms with E-state index in [1.54, 1.807) is 31.1 Å². The summed E-state index contributed by atoms with van der Waals surface area (Å²) in [5, 5.41) is 13.3. The Balaban J connectivity index is 1.75. The fourth-order valence-corrected chi connectivity index (χ4v) is 5.54. The molecule has 0 aromatic heterocycles. The van der Waals surface area contributed by atoms with Gasteiger partial charge in [0.05, 0.1) is 24.5 Å². The SMILES string of the molecule is COc1ccc(C(C)C)cc1C1C2=C(CC(c3ccc(O)cc3)CC2=O)Nc2ccccc2N1C(C)=O. The van der Waals surface area contributed by atoms with Crippen molar-refractivity contribution in [1.29, 1.82) is 0 Å². The summed E-state index contributed by atoms with van der Waals surface area (Å²) in [7, 11) is 1.62. The molecule has 1 amide bonds. The summed E-state index contributed by atoms with van der Waals surface area (Å²) in [5.74, 6) is 0.897. The number of nitrogens with one attached hydrogen (secondary N) is 1. The number of nitrogens with zero attached hydrogens (tertiary/aromatic N) is 1. The molecule has 190 valence electrons. The van der Waals surface area contributed by atoms with Crippen molar-refractivity contribution in [3.8, 4) is 11.5 Å². The molecule has 0 radical (unpaired) electrons. The Labute approximate surface area is 217 Å². The van der Waals surface area contributed by atoms with Crippen molar-refractivity contribution in [2.24, 2.45) is 0 Å². The number of benzene rings is 3. The Morgan fingerprint density at radius 1 is 1.05 bits per heavy atom. The maximum Gasteiger partial charge on any atom is 0.224 e. The molecule has 5 rings (SSSR count). The molecule has 6 heteroatoms. The summed E-state index contributed by atoms with van der Waals surface area (Å²) in [6, 6.07) is 20.1. The number of hydrogen-bond acceptors (Lipinski definition) is 5. The Kier molecular flexibility index (Phi) is 6.50. The van der Waals surface area contributed by atoms with Gasteiger partial charge in [0, 0.05) is 30.2 Å². The summed E-state index contributed by atoms with van der Waals surface area (Å²) in [4.78, 5) is 29.1. The van der Waals surface area contributed by atoms with E-state index in [9.17, 15) is 14.7 Å². The van der Waals surface area contributed by atoms with Gasteiger partial charge in [-0.25, -0.2) is 0 Å². The zero-order valence-corrected chi connectivity index (χ0v) is 21.6. The van der Waals surface area contributed by atoms with Crippen LogP contribution >= 0.6 is 0 Å². The van der Waals surface area contributed by atoms with Gasteiger partial charge < -0.3 is 15.2 Å². The molecule has 37 heavy (non-hydrogen) atoms. The number of fused-ring (bicyclic) bond motifs is 1. The van der Waals surface area contributed by atoms with Gasteiger partial charge in [0.15, 0.2) is 5.78 Å². The standard InChI is InChI=1S/C31H32N2O4/c1-18(2)21-11-14-29(37-4)24(15-21)31-30-26(32-25-7-5-6-8-27(25)33(31)19(3)34)16-22(17-28(30)36)20-9-12-23(35)13-10-20/h5-15,18,22,31-32,35H,16-17H2,1-4H3. The summed E-state index contributed by atoms with van der Waals surface area (Å²) in [6.45, 7) is 5.79. The second-order valence-electron chi connectivity index (χ2n) is 10.1. The van der Waals surface area contributed by atoms with E-state index in [1.807, 2.05) is 48.5 Å². The van der Waals surface area contributed by atoms with Crippen LogP contribution in [0, 0.1) is 0 Å². The number of Topliss-reactive ketones (excluding diaryl/α,β-unsaturated/α-hetero) is 1. The third-order valence-corrected chi connectivity index (χ3v) is 7.41. The van der Waals surface area contributed by atoms with Gasteiger partial charge in [-0.15, -0.1) is 0 Å². The van der Waals surface area contributed by atoms with E-state index < -0.39 is 6.04 Å². The maximum absolute atomic E-state index is 14.0. The summed E-state index contributed by atoms with van der Waals surface area (Å²) in [5.41, 5.74) is 5.82. The Morgan fingerprint density at radius 2 is 1.78 bits per heavy atom. The number of anilines is 2. The van der Waals surface area contributed by atoms with E-state index in [2.05, 4.69) is 25.2 Å². The van der Waals surface area contributed by atoms with Crippen LogP contribution in [0.4, 0.5) is 11.4 Å². The monoisotopic (exact) mass is 496 g/mol. The molecule has 2 atom stereocenters. The molecular formula is C31H32N2O4. The van der Waals surface area contributed by atoms with Crippen molar-refractivity contribution in [2.45, 2.75) is 51.5 Å². The van der Waals surface area contributed by atoms with Crippen molar-refractivity contribution in [2.75, 3.05) is 17.3 Å². The van der Waals surface area contributed by atoms with Crippen LogP contribution < -0.4 is 15.0 Å². The largest absolute Gasteiger partial charge is 0.508 e. The van der Waals surface area contributed by atoms with Crippen molar-refractivity contribution < 1.29 is 19.4 Å². The van der Waals surface area contributed by atoms with E-state index in [4.69, 9.17) is 4.74 Å². The molecule has 1 heterocycles. The van der Waals surface area contributed by atoms with Gasteiger partial charge in [-0.2, -0.15) is 0 Å². The molecule has 0 saturated carbocycles. The molecule has 0 saturated heterocycles. The molecule has 2 aliphatic rings. The van der Waals surface area contributed by atoms with Crippen molar-refractivity contribution in [3.63, 3.8) is 0 Å². The smallest absolute Gasteiger partial charge is 0.224 e. The minimum Gasteiger partial charge on any atom is -0.508 e. The summed E-state index contributed by atoms with van der Waals surface area (Å²) < 4.78 is 5.79. The fourth-order valence-electron chi connectivity index (χ4n) is 5.54. The van der Waals surface area contributed by atoms with Crippen molar-refractivity contribution in [1.82, 2.24) is 0 Å². The van der Waals surface area contributed by atoms with E-state index in [0.29, 0.717) is 24.2 Å². The van der Waals surface area contributed by atoms with Gasteiger partial charge in [-0.1, -0.05) is 44.2 Å². The first-order valence-corrected chi connectivity index (χ1v) is 12.7. The highest BCUT2D eigenvalue weighted by Gasteiger charge is 2.42. The minimum atomic E-state index is -0.634. The molecule has 1 aliphatic heterocycles. The second kappa shape index (κ2) is 9.77. The third kappa shape index (κ3) is 4.48. The lowest BCUT2D eigenvalue weighted by Crippen LogP contribution is -2.37. The topological polar surface area (TPSA) is 78.9 Å². The molecule has 3 aromatic rings. The zero-order valence-electron chi connectivity index (χ0n) is 21.6. The Hall–Kier alpha value is -4.06. The van der Waals surface area contributed by atoms with Gasteiger partial charge in [0.2, 0.25) is 5.91 Å². The predicted molar refractivity (Wildman–Crippen MR) is 145 cm³/mol. The molecule has 0 fully saturated rings. The van der Waals surface area contributed by atoms with Crippen molar-refractivity contribution in [3.05, 3.63) is 94.7 Å². The first-order chi connectivity index (χ1) is 17.8. The Bertz CT molecular complexity index is 1390. The normalized spacial score (nSPS) is 19.2. The van der Waals surface area contributed by atoms with Gasteiger partial charge in [0.1, 0.15) is 11.5 Å². The number of allylic oxidation sites excluding steroid dienone is 1. The van der Waals surface area contributed by atoms with Gasteiger partial charge in [-0.05, 0) is 65.8 Å². The van der Waals surface area contributed by atoms with Crippen LogP contribution in [0.15, 0.2) is 78.0 Å². The quantitative estimate of drug-likeness (QED) is 0.434. The average Bonchev–Trinajstić information content (AvgIpc) is 3.03. The zero-order chi connectivity index (χ0) is 26.3. The number of phenolic OH excluding ortho intramolecular Hbond substituents is 1. The first kappa shape index (κ1) is 24.6. The van der Waals surface area contributed by atoms with Gasteiger partial charge in [-0.3, -0.25) is 14.5 Å². The number of methoxy groups -OCH3 is 1. The number of ketones is 1. The van der Waals surface area contributed by atoms with Crippen LogP contribution in [0.2, 0.25) is 0 Å². The van der Waals surface area contributed by atoms with Crippen LogP contribution in [-0.2, 0) is 9.59 Å². The van der Waals surface area contributed by atoms with E-state index in [1.165, 1.54) is 0 Å². The van der Waals surface area contributed by atoms with Gasteiger partial charge >= 0.3 is 0 Å². The fraction of sp³-hybridized carbons (Fsp3) is 0.290. The molecule has 6 nitrogen and oxygen atoms in total. The molecule has 1 aliphatic carbocycles. The Morgan fingerprint density at radius 3 is 2.46 bits per heavy atom. The number of carbonyl (C=O) groups excluding carboxylic acids is 2. The summed E-state index contributed by atoms with van der Waals surface area (Å²) in [6.07, 6.45) is 0.921. The van der Waals surface area contributed by atoms with Crippen LogP contribution in [0.25, 0.3) is 0 Å². The molecule has 2 unspecified atom stereocenters. The van der Waals surface area contributed by atoms with E-state index in [-0.39, 0.29) is 29.3 Å². The number of phenols is 1. The molecular weight excluding hydrogens is 464 g/mol. The number of para-hydroxylation sites is 2. The van der Waals surface area contributed by atoms with Crippen LogP contribution in [0.3, 0.4) is 0 Å². The number of hydrogen-bond donors (Lipinski definition) is 2. The average molecular weight is 497 g/mol. The first-order valence-electron chi connectivity index (χ1n) is 12.7. The molecule has 3 aromatic carbocycles. The van der Waals surface area contributed by atoms with Crippen LogP contribution in [0.5, 0.6) is 11.5 Å². The number of aromatic hydroxyl groups is 1. The number of amides is 1. The molecule has 0 bridgehead atoms. The molecule has 0 spiro atoms. The van der Waals surface area contributed by atoms with Crippen LogP contribution in [-0.4, -0.2) is 23.9 Å². The van der Waals surface area contributed by atoms with Gasteiger partial charge in [0.25, 0.3) is 0 Å². The summed E-state index contributed by atoms with van der Waals surface area (Å²) >= 11 is 0. The highest BCUT2D eigenvalue weighted by Crippen LogP contribution is 2.49. The van der Waals surface area contributed by atoms with Crippen molar-refractivity contribution >= 4 is 23.1 Å². The lowest BCUT2D eigenvalue weighted by Gasteiger charge is -2.35. The van der Waals surface area contributed by atoms with Crippen LogP contribution in [0.1, 0.15) is 68.2 Å². The maximum atomic E-state index is 14.0. The lowest BCUT2D eigenvalue weighted by molar-refractivity contribution is -0.117. The highest BCUT2D eigenvalue weighted by atomic mass is 16.5. The predicted octanol–water partition coefficient (Wildman–Crippen LogP) is 6.44. The van der Waals surface area contributed by atoms with E-state index in [0.717, 1.165) is 33.8 Å². The third-order valence-electron chi connectivity index (χ3n) is 7.41. The minimum absolute atomic E-state index is 0.00659. The lowest BCUT2D eigenvalue weighted by atomic mass is 9.77. The number of ether oxygens (including phenoxy) is 1. The highest BCUT2D eigenvalue weighted by molar-refractivity contribution is 6.06. The number of carbonyl (C=O) groups is 2.